The van der Waals surface area contributed by atoms with Gasteiger partial charge >= 0.3 is 0 Å². The number of hydrogen-bond acceptors (Lipinski definition) is 2. The highest BCUT2D eigenvalue weighted by molar-refractivity contribution is 9.10. The zero-order valence-electron chi connectivity index (χ0n) is 11.4. The number of benzene rings is 2. The lowest BCUT2D eigenvalue weighted by Crippen LogP contribution is -2.20. The first-order valence-electron chi connectivity index (χ1n) is 6.69. The number of hydrogen-bond donors (Lipinski definition) is 1. The molecule has 1 atom stereocenters. The van der Waals surface area contributed by atoms with E-state index in [4.69, 9.17) is 27.9 Å². The lowest BCUT2D eigenvalue weighted by atomic mass is 10.00. The third kappa shape index (κ3) is 3.15. The highest BCUT2D eigenvalue weighted by Gasteiger charge is 2.24. The Morgan fingerprint density at radius 2 is 2.05 bits per heavy atom. The Morgan fingerprint density at radius 1 is 1.24 bits per heavy atom. The molecule has 0 amide bonds. The summed E-state index contributed by atoms with van der Waals surface area (Å²) in [5.74, 6) is 0.735. The van der Waals surface area contributed by atoms with Gasteiger partial charge in [0.2, 0.25) is 0 Å². The van der Waals surface area contributed by atoms with Crippen LogP contribution in [0.1, 0.15) is 23.6 Å². The standard InChI is InChI=1S/C16H14BrCl2NO/c1-9-6-11(2-3-13(9)17)20-15-4-5-21-16-12(15)7-10(18)8-14(16)19/h2-3,6-8,15,20H,4-5H2,1H3. The Labute approximate surface area is 142 Å². The van der Waals surface area contributed by atoms with E-state index in [1.807, 2.05) is 12.1 Å². The summed E-state index contributed by atoms with van der Waals surface area (Å²) in [4.78, 5) is 0. The van der Waals surface area contributed by atoms with Crippen LogP contribution in [0, 0.1) is 6.92 Å². The summed E-state index contributed by atoms with van der Waals surface area (Å²) in [7, 11) is 0. The minimum atomic E-state index is 0.144. The molecule has 1 aliphatic heterocycles. The first-order chi connectivity index (χ1) is 10.0. The molecule has 5 heteroatoms. The van der Waals surface area contributed by atoms with Crippen molar-refractivity contribution in [3.63, 3.8) is 0 Å². The second-order valence-electron chi connectivity index (χ2n) is 5.10. The summed E-state index contributed by atoms with van der Waals surface area (Å²) >= 11 is 15.9. The minimum absolute atomic E-state index is 0.144. The quantitative estimate of drug-likeness (QED) is 0.683. The normalized spacial score (nSPS) is 17.0. The van der Waals surface area contributed by atoms with Crippen LogP contribution in [-0.2, 0) is 0 Å². The smallest absolute Gasteiger partial charge is 0.143 e. The van der Waals surface area contributed by atoms with Crippen molar-refractivity contribution < 1.29 is 4.74 Å². The molecule has 1 aliphatic rings. The third-order valence-corrected chi connectivity index (χ3v) is 4.95. The van der Waals surface area contributed by atoms with Crippen LogP contribution in [0.5, 0.6) is 5.75 Å². The second kappa shape index (κ2) is 6.07. The molecule has 21 heavy (non-hydrogen) atoms. The largest absolute Gasteiger partial charge is 0.492 e. The van der Waals surface area contributed by atoms with E-state index in [2.05, 4.69) is 40.3 Å². The molecule has 0 saturated heterocycles. The van der Waals surface area contributed by atoms with Crippen LogP contribution >= 0.6 is 39.1 Å². The lowest BCUT2D eigenvalue weighted by molar-refractivity contribution is 0.274. The van der Waals surface area contributed by atoms with Gasteiger partial charge in [0.15, 0.2) is 0 Å². The Morgan fingerprint density at radius 3 is 2.81 bits per heavy atom. The van der Waals surface area contributed by atoms with Gasteiger partial charge < -0.3 is 10.1 Å². The third-order valence-electron chi connectivity index (χ3n) is 3.56. The van der Waals surface area contributed by atoms with Gasteiger partial charge in [-0.1, -0.05) is 39.1 Å². The molecule has 0 radical (unpaired) electrons. The van der Waals surface area contributed by atoms with E-state index in [0.717, 1.165) is 27.9 Å². The van der Waals surface area contributed by atoms with Crippen molar-refractivity contribution in [3.8, 4) is 5.75 Å². The van der Waals surface area contributed by atoms with Crippen molar-refractivity contribution in [2.24, 2.45) is 0 Å². The van der Waals surface area contributed by atoms with Crippen LogP contribution < -0.4 is 10.1 Å². The zero-order chi connectivity index (χ0) is 15.0. The summed E-state index contributed by atoms with van der Waals surface area (Å²) in [5.41, 5.74) is 3.28. The van der Waals surface area contributed by atoms with Gasteiger partial charge in [0.1, 0.15) is 5.75 Å². The van der Waals surface area contributed by atoms with Crippen molar-refractivity contribution in [3.05, 3.63) is 56.0 Å². The van der Waals surface area contributed by atoms with E-state index in [9.17, 15) is 0 Å². The van der Waals surface area contributed by atoms with E-state index in [1.54, 1.807) is 6.07 Å². The fourth-order valence-electron chi connectivity index (χ4n) is 2.51. The summed E-state index contributed by atoms with van der Waals surface area (Å²) < 4.78 is 6.79. The lowest BCUT2D eigenvalue weighted by Gasteiger charge is -2.28. The van der Waals surface area contributed by atoms with Crippen LogP contribution in [0.4, 0.5) is 5.69 Å². The average Bonchev–Trinajstić information content (AvgIpc) is 2.44. The number of ether oxygens (including phenoxy) is 1. The fourth-order valence-corrected chi connectivity index (χ4v) is 3.32. The van der Waals surface area contributed by atoms with Gasteiger partial charge in [-0.3, -0.25) is 0 Å². The van der Waals surface area contributed by atoms with Gasteiger partial charge in [-0.2, -0.15) is 0 Å². The maximum absolute atomic E-state index is 6.22. The van der Waals surface area contributed by atoms with E-state index < -0.39 is 0 Å². The highest BCUT2D eigenvalue weighted by Crippen LogP contribution is 2.41. The van der Waals surface area contributed by atoms with Crippen molar-refractivity contribution in [1.82, 2.24) is 0 Å². The molecule has 0 spiro atoms. The van der Waals surface area contributed by atoms with Crippen LogP contribution in [-0.4, -0.2) is 6.61 Å². The first kappa shape index (κ1) is 15.0. The van der Waals surface area contributed by atoms with Crippen LogP contribution in [0.2, 0.25) is 10.0 Å². The number of aryl methyl sites for hydroxylation is 1. The number of halogens is 3. The average molecular weight is 387 g/mol. The molecule has 0 fully saturated rings. The van der Waals surface area contributed by atoms with Crippen molar-refractivity contribution >= 4 is 44.8 Å². The van der Waals surface area contributed by atoms with E-state index in [-0.39, 0.29) is 6.04 Å². The number of rotatable bonds is 2. The predicted octanol–water partition coefficient (Wildman–Crippen LogP) is 6.00. The SMILES string of the molecule is Cc1cc(NC2CCOc3c(Cl)cc(Cl)cc32)ccc1Br. The Hall–Kier alpha value is -0.900. The van der Waals surface area contributed by atoms with Gasteiger partial charge in [0.25, 0.3) is 0 Å². The Bertz CT molecular complexity index is 690. The molecule has 1 N–H and O–H groups in total. The number of fused-ring (bicyclic) bond motifs is 1. The molecule has 1 heterocycles. The summed E-state index contributed by atoms with van der Waals surface area (Å²) in [6.45, 7) is 2.71. The molecule has 2 aromatic rings. The fraction of sp³-hybridized carbons (Fsp3) is 0.250. The summed E-state index contributed by atoms with van der Waals surface area (Å²) in [5, 5.41) is 4.73. The van der Waals surface area contributed by atoms with Crippen LogP contribution in [0.25, 0.3) is 0 Å². The van der Waals surface area contributed by atoms with Gasteiger partial charge in [-0.05, 0) is 42.8 Å². The molecular weight excluding hydrogens is 373 g/mol. The zero-order valence-corrected chi connectivity index (χ0v) is 14.5. The molecule has 3 rings (SSSR count). The van der Waals surface area contributed by atoms with Gasteiger partial charge in [0.05, 0.1) is 17.7 Å². The molecule has 1 unspecified atom stereocenters. The predicted molar refractivity (Wildman–Crippen MR) is 91.8 cm³/mol. The number of nitrogens with one attached hydrogen (secondary N) is 1. The topological polar surface area (TPSA) is 21.3 Å². The molecule has 0 aromatic heterocycles. The molecule has 2 aromatic carbocycles. The summed E-state index contributed by atoms with van der Waals surface area (Å²) in [6.07, 6.45) is 0.874. The molecule has 0 saturated carbocycles. The monoisotopic (exact) mass is 385 g/mol. The first-order valence-corrected chi connectivity index (χ1v) is 8.24. The van der Waals surface area contributed by atoms with E-state index in [1.165, 1.54) is 5.56 Å². The Balaban J connectivity index is 1.93. The minimum Gasteiger partial charge on any atom is -0.492 e. The number of anilines is 1. The van der Waals surface area contributed by atoms with Crippen molar-refractivity contribution in [1.29, 1.82) is 0 Å². The van der Waals surface area contributed by atoms with Crippen LogP contribution in [0.15, 0.2) is 34.8 Å². The molecule has 2 nitrogen and oxygen atoms in total. The summed E-state index contributed by atoms with van der Waals surface area (Å²) in [6, 6.07) is 10.00. The second-order valence-corrected chi connectivity index (χ2v) is 6.80. The van der Waals surface area contributed by atoms with Gasteiger partial charge in [-0.25, -0.2) is 0 Å². The molecule has 0 aliphatic carbocycles. The highest BCUT2D eigenvalue weighted by atomic mass is 79.9. The molecular formula is C16H14BrCl2NO. The van der Waals surface area contributed by atoms with E-state index >= 15 is 0 Å². The van der Waals surface area contributed by atoms with Crippen LogP contribution in [0.3, 0.4) is 0 Å². The maximum atomic E-state index is 6.22. The van der Waals surface area contributed by atoms with E-state index in [0.29, 0.717) is 16.7 Å². The van der Waals surface area contributed by atoms with Crippen molar-refractivity contribution in [2.75, 3.05) is 11.9 Å². The van der Waals surface area contributed by atoms with Crippen molar-refractivity contribution in [2.45, 2.75) is 19.4 Å². The Kier molecular flexibility index (Phi) is 4.34. The molecule has 0 bridgehead atoms. The van der Waals surface area contributed by atoms with Gasteiger partial charge in [0, 0.05) is 27.2 Å². The molecule has 110 valence electrons. The van der Waals surface area contributed by atoms with Gasteiger partial charge in [-0.15, -0.1) is 0 Å². The maximum Gasteiger partial charge on any atom is 0.143 e.